The van der Waals surface area contributed by atoms with E-state index in [1.165, 1.54) is 7.11 Å². The summed E-state index contributed by atoms with van der Waals surface area (Å²) in [5, 5.41) is 9.96. The molecule has 7 nitrogen and oxygen atoms in total. The van der Waals surface area contributed by atoms with Crippen LogP contribution in [0.2, 0.25) is 0 Å². The molecule has 2 aromatic heterocycles. The summed E-state index contributed by atoms with van der Waals surface area (Å²) >= 11 is 0. The number of hydrogen-bond acceptors (Lipinski definition) is 7. The summed E-state index contributed by atoms with van der Waals surface area (Å²) in [6, 6.07) is 7.95. The number of pyridine rings is 2. The van der Waals surface area contributed by atoms with Gasteiger partial charge in [0.15, 0.2) is 0 Å². The average molecular weight is 379 g/mol. The molecule has 1 aliphatic rings. The molecule has 1 aliphatic carbocycles. The highest BCUT2D eigenvalue weighted by atomic mass is 16.5. The number of hydrogen-bond donors (Lipinski definition) is 3. The van der Waals surface area contributed by atoms with Crippen molar-refractivity contribution < 1.29 is 9.53 Å². The number of carbonyl (C=O) groups excluding carboxylic acids is 1. The molecule has 0 amide bonds. The third-order valence-electron chi connectivity index (χ3n) is 5.44. The van der Waals surface area contributed by atoms with E-state index in [4.69, 9.17) is 15.5 Å². The molecule has 4 N–H and O–H groups in total. The Morgan fingerprint density at radius 1 is 1.21 bits per heavy atom. The molecule has 0 spiro atoms. The second kappa shape index (κ2) is 8.08. The van der Waals surface area contributed by atoms with E-state index in [-0.39, 0.29) is 5.97 Å². The Morgan fingerprint density at radius 2 is 2.07 bits per heavy atom. The van der Waals surface area contributed by atoms with E-state index in [1.807, 2.05) is 18.3 Å². The highest BCUT2D eigenvalue weighted by Crippen LogP contribution is 2.29. The number of nitrogens with one attached hydrogen (secondary N) is 2. The Hall–Kier alpha value is -2.77. The van der Waals surface area contributed by atoms with Gasteiger partial charge in [-0.1, -0.05) is 6.07 Å². The lowest BCUT2D eigenvalue weighted by Crippen LogP contribution is -2.45. The first-order valence-corrected chi connectivity index (χ1v) is 9.62. The molecule has 28 heavy (non-hydrogen) atoms. The summed E-state index contributed by atoms with van der Waals surface area (Å²) in [5.41, 5.74) is 6.90. The van der Waals surface area contributed by atoms with Crippen molar-refractivity contribution in [2.45, 2.75) is 18.9 Å². The second-order valence-electron chi connectivity index (χ2n) is 7.26. The predicted molar refractivity (Wildman–Crippen MR) is 110 cm³/mol. The van der Waals surface area contributed by atoms with Gasteiger partial charge in [0.05, 0.1) is 18.2 Å². The zero-order valence-electron chi connectivity index (χ0n) is 15.9. The minimum absolute atomic E-state index is 0.370. The molecule has 0 saturated heterocycles. The Labute approximate surface area is 163 Å². The molecular weight excluding hydrogens is 354 g/mol. The Balaban J connectivity index is 1.54. The molecule has 0 aliphatic heterocycles. The molecule has 0 radical (unpaired) electrons. The number of aromatic nitrogens is 2. The standard InChI is InChI=1S/C21H25N5O2/c1-28-21(27)14-2-3-16-18-12-23-5-4-17(18)20(26-19(16)10-14)25-7-6-24-15-8-13(9-15)11-22/h2-5,10,12-13,15,24H,6-9,11,22H2,1H3,(H,25,26). The Bertz CT molecular complexity index is 1000. The molecule has 1 saturated carbocycles. The van der Waals surface area contributed by atoms with Crippen molar-refractivity contribution in [2.24, 2.45) is 11.7 Å². The van der Waals surface area contributed by atoms with Crippen LogP contribution in [0.4, 0.5) is 5.82 Å². The van der Waals surface area contributed by atoms with Gasteiger partial charge in [-0.25, -0.2) is 9.78 Å². The number of esters is 1. The minimum atomic E-state index is -0.370. The number of ether oxygens (including phenoxy) is 1. The van der Waals surface area contributed by atoms with Crippen molar-refractivity contribution in [1.29, 1.82) is 0 Å². The van der Waals surface area contributed by atoms with Crippen LogP contribution in [0.25, 0.3) is 21.7 Å². The van der Waals surface area contributed by atoms with Gasteiger partial charge in [0.25, 0.3) is 0 Å². The van der Waals surface area contributed by atoms with Crippen molar-refractivity contribution >= 4 is 33.5 Å². The van der Waals surface area contributed by atoms with Gasteiger partial charge in [0.2, 0.25) is 0 Å². The fraction of sp³-hybridized carbons (Fsp3) is 0.381. The molecule has 146 valence electrons. The third kappa shape index (κ3) is 3.63. The van der Waals surface area contributed by atoms with Crippen LogP contribution in [0.1, 0.15) is 23.2 Å². The van der Waals surface area contributed by atoms with Crippen molar-refractivity contribution in [3.05, 3.63) is 42.2 Å². The number of carbonyl (C=O) groups is 1. The maximum Gasteiger partial charge on any atom is 0.337 e. The highest BCUT2D eigenvalue weighted by Gasteiger charge is 2.26. The zero-order valence-corrected chi connectivity index (χ0v) is 15.9. The summed E-state index contributed by atoms with van der Waals surface area (Å²) in [7, 11) is 1.38. The zero-order chi connectivity index (χ0) is 19.5. The molecule has 4 rings (SSSR count). The minimum Gasteiger partial charge on any atom is -0.465 e. The van der Waals surface area contributed by atoms with Crippen LogP contribution in [-0.4, -0.2) is 48.7 Å². The number of fused-ring (bicyclic) bond motifs is 3. The van der Waals surface area contributed by atoms with Gasteiger partial charge < -0.3 is 21.1 Å². The van der Waals surface area contributed by atoms with Crippen LogP contribution >= 0.6 is 0 Å². The van der Waals surface area contributed by atoms with E-state index in [1.54, 1.807) is 18.3 Å². The number of anilines is 1. The quantitative estimate of drug-likeness (QED) is 0.329. The van der Waals surface area contributed by atoms with Gasteiger partial charge in [0, 0.05) is 47.7 Å². The van der Waals surface area contributed by atoms with Crippen LogP contribution < -0.4 is 16.4 Å². The van der Waals surface area contributed by atoms with Gasteiger partial charge >= 0.3 is 5.97 Å². The average Bonchev–Trinajstić information content (AvgIpc) is 2.71. The fourth-order valence-corrected chi connectivity index (χ4v) is 3.78. The van der Waals surface area contributed by atoms with E-state index in [2.05, 4.69) is 15.6 Å². The Kier molecular flexibility index (Phi) is 5.36. The first-order chi connectivity index (χ1) is 13.7. The fourth-order valence-electron chi connectivity index (χ4n) is 3.78. The van der Waals surface area contributed by atoms with E-state index >= 15 is 0 Å². The maximum atomic E-state index is 11.9. The first kappa shape index (κ1) is 18.6. The van der Waals surface area contributed by atoms with E-state index in [9.17, 15) is 4.79 Å². The third-order valence-corrected chi connectivity index (χ3v) is 5.44. The number of benzene rings is 1. The van der Waals surface area contributed by atoms with Crippen molar-refractivity contribution in [1.82, 2.24) is 15.3 Å². The molecule has 0 bridgehead atoms. The molecule has 7 heteroatoms. The first-order valence-electron chi connectivity index (χ1n) is 9.62. The summed E-state index contributed by atoms with van der Waals surface area (Å²) in [5.74, 6) is 1.10. The molecular formula is C21H25N5O2. The van der Waals surface area contributed by atoms with Gasteiger partial charge in [-0.3, -0.25) is 4.98 Å². The smallest absolute Gasteiger partial charge is 0.337 e. The lowest BCUT2D eigenvalue weighted by molar-refractivity contribution is 0.0601. The van der Waals surface area contributed by atoms with E-state index in [0.29, 0.717) is 17.5 Å². The molecule has 1 aromatic carbocycles. The SMILES string of the molecule is COC(=O)c1ccc2c(c1)nc(NCCNC1CC(CN)C1)c1ccncc12. The Morgan fingerprint density at radius 3 is 2.86 bits per heavy atom. The monoisotopic (exact) mass is 379 g/mol. The number of methoxy groups -OCH3 is 1. The summed E-state index contributed by atoms with van der Waals surface area (Å²) in [4.78, 5) is 20.9. The number of nitrogens with two attached hydrogens (primary N) is 1. The number of nitrogens with zero attached hydrogens (tertiary/aromatic N) is 2. The van der Waals surface area contributed by atoms with Crippen LogP contribution in [0.5, 0.6) is 0 Å². The molecule has 0 unspecified atom stereocenters. The topological polar surface area (TPSA) is 102 Å². The van der Waals surface area contributed by atoms with E-state index < -0.39 is 0 Å². The molecule has 0 atom stereocenters. The van der Waals surface area contributed by atoms with E-state index in [0.717, 1.165) is 60.0 Å². The lowest BCUT2D eigenvalue weighted by Gasteiger charge is -2.35. The van der Waals surface area contributed by atoms with Crippen molar-refractivity contribution in [3.63, 3.8) is 0 Å². The van der Waals surface area contributed by atoms with Gasteiger partial charge in [-0.15, -0.1) is 0 Å². The van der Waals surface area contributed by atoms with Crippen molar-refractivity contribution in [2.75, 3.05) is 32.1 Å². The van der Waals surface area contributed by atoms with Crippen LogP contribution in [0.3, 0.4) is 0 Å². The maximum absolute atomic E-state index is 11.9. The van der Waals surface area contributed by atoms with Gasteiger partial charge in [-0.2, -0.15) is 0 Å². The summed E-state index contributed by atoms with van der Waals surface area (Å²) in [6.45, 7) is 2.40. The summed E-state index contributed by atoms with van der Waals surface area (Å²) in [6.07, 6.45) is 5.93. The predicted octanol–water partition coefficient (Wildman–Crippen LogP) is 2.31. The van der Waals surface area contributed by atoms with Crippen LogP contribution in [0.15, 0.2) is 36.7 Å². The normalized spacial score (nSPS) is 18.8. The molecule has 3 aromatic rings. The van der Waals surface area contributed by atoms with Crippen LogP contribution in [0, 0.1) is 5.92 Å². The van der Waals surface area contributed by atoms with Crippen molar-refractivity contribution in [3.8, 4) is 0 Å². The molecule has 1 fully saturated rings. The van der Waals surface area contributed by atoms with Gasteiger partial charge in [0.1, 0.15) is 5.82 Å². The van der Waals surface area contributed by atoms with Gasteiger partial charge in [-0.05, 0) is 43.5 Å². The highest BCUT2D eigenvalue weighted by molar-refractivity contribution is 6.10. The summed E-state index contributed by atoms with van der Waals surface area (Å²) < 4.78 is 4.83. The molecule has 2 heterocycles. The van der Waals surface area contributed by atoms with Crippen LogP contribution in [-0.2, 0) is 4.74 Å². The number of rotatable bonds is 7. The second-order valence-corrected chi connectivity index (χ2v) is 7.26. The lowest BCUT2D eigenvalue weighted by atomic mass is 9.80. The largest absolute Gasteiger partial charge is 0.465 e.